The number of anilines is 2. The number of thiocarbonyl (C=S) groups is 1. The zero-order chi connectivity index (χ0) is 89.1. The van der Waals surface area contributed by atoms with E-state index in [2.05, 4.69) is 25.6 Å². The molecule has 3 fully saturated rings. The minimum atomic E-state index is -2.49. The first-order valence-corrected chi connectivity index (χ1v) is 43.8. The number of nitrogens with zero attached hydrogens (tertiary/aromatic N) is 6. The number of carbonyl (C=O) groups excluding carboxylic acids is 5. The molecule has 3 aromatic heterocycles. The molecule has 35 heteroatoms. The maximum atomic E-state index is 14.7. The number of hydrogen-bond donors (Lipinski definition) is 9. The molecular weight excluding hydrogens is 1620 g/mol. The molecule has 34 nitrogen and oxygen atoms in total. The monoisotopic (exact) mass is 1750 g/mol. The predicted octanol–water partition coefficient (Wildman–Crippen LogP) is 6.91. The second kappa shape index (κ2) is 51.6. The third-order valence-electron chi connectivity index (χ3n) is 23.1. The summed E-state index contributed by atoms with van der Waals surface area (Å²) in [6.45, 7) is 17.7. The predicted molar refractivity (Wildman–Crippen MR) is 465 cm³/mol. The van der Waals surface area contributed by atoms with Crippen LogP contribution in [0.2, 0.25) is 0 Å². The SMILES string of the molecule is CO[C@H]1C[C@@H]2CC[C@@H](C)[C@@](O)(O2)C(=O)C(=O)N2CCCC[C@H]2C(=O)O[C@H]([C@H](N)C[C@@H]2CC[C@@H](OC(=S)NCCOCCOCCOCCOCCOCCOCCOCCOCCC(=O)NCc3ccc(Cn4nc(-c5ccc6oc(N)nc6c5)c5c(N)ncnc54)cc3)[C@H](OC)C2)C[C@@H](O)[C@H](C)/C=C(\C)[C@@H](O)[C@@H](O)C(=O)[C@H](C)C[C@H](C)/C=C/C=C/C=C/1C. The van der Waals surface area contributed by atoms with Gasteiger partial charge in [0, 0.05) is 82.5 Å². The van der Waals surface area contributed by atoms with Gasteiger partial charge in [-0.1, -0.05) is 88.4 Å². The van der Waals surface area contributed by atoms with Gasteiger partial charge in [0.15, 0.2) is 17.0 Å². The number of ketones is 2. The number of fused-ring (bicyclic) bond motifs is 5. The van der Waals surface area contributed by atoms with Gasteiger partial charge in [-0.25, -0.2) is 19.4 Å². The van der Waals surface area contributed by atoms with Gasteiger partial charge < -0.3 is 119 Å². The van der Waals surface area contributed by atoms with Crippen LogP contribution in [0.1, 0.15) is 136 Å². The van der Waals surface area contributed by atoms with E-state index in [0.29, 0.717) is 210 Å². The van der Waals surface area contributed by atoms with Crippen molar-refractivity contribution in [3.8, 4) is 11.3 Å². The van der Waals surface area contributed by atoms with E-state index >= 15 is 0 Å². The lowest BCUT2D eigenvalue weighted by Crippen LogP contribution is -2.61. The van der Waals surface area contributed by atoms with E-state index in [9.17, 15) is 44.4 Å². The number of aliphatic hydroxyl groups excluding tert-OH is 3. The smallest absolute Gasteiger partial charge is 0.329 e. The van der Waals surface area contributed by atoms with Gasteiger partial charge >= 0.3 is 5.97 Å². The van der Waals surface area contributed by atoms with Crippen molar-refractivity contribution in [1.29, 1.82) is 0 Å². The van der Waals surface area contributed by atoms with Gasteiger partial charge in [0.05, 0.1) is 142 Å². The Balaban J connectivity index is 0.591. The largest absolute Gasteiger partial charge is 0.465 e. The maximum Gasteiger partial charge on any atom is 0.329 e. The average molecular weight is 1760 g/mol. The number of nitrogen functional groups attached to an aromatic ring is 2. The summed E-state index contributed by atoms with van der Waals surface area (Å²) in [6, 6.07) is 11.3. The van der Waals surface area contributed by atoms with Gasteiger partial charge in [0.1, 0.15) is 53.8 Å². The molecule has 4 aliphatic rings. The van der Waals surface area contributed by atoms with Crippen LogP contribution in [0.15, 0.2) is 101 Å². The minimum absolute atomic E-state index is 0.0294. The highest BCUT2D eigenvalue weighted by molar-refractivity contribution is 7.80. The summed E-state index contributed by atoms with van der Waals surface area (Å²) in [4.78, 5) is 83.8. The first-order chi connectivity index (χ1) is 59.7. The Bertz CT molecular complexity index is 4300. The fraction of sp³-hybridized carbons (Fsp3) is 0.640. The molecular formula is C89H131N11O23S. The molecule has 2 aromatic carbocycles. The van der Waals surface area contributed by atoms with E-state index in [-0.39, 0.29) is 73.3 Å². The zero-order valence-electron chi connectivity index (χ0n) is 72.9. The number of esters is 1. The van der Waals surface area contributed by atoms with E-state index < -0.39 is 108 Å². The van der Waals surface area contributed by atoms with Crippen LogP contribution in [0.3, 0.4) is 0 Å². The third kappa shape index (κ3) is 30.5. The highest BCUT2D eigenvalue weighted by atomic mass is 32.1. The van der Waals surface area contributed by atoms with E-state index in [1.54, 1.807) is 58.7 Å². The molecule has 3 aliphatic heterocycles. The van der Waals surface area contributed by atoms with Gasteiger partial charge in [-0.2, -0.15) is 10.1 Å². The lowest BCUT2D eigenvalue weighted by Gasteiger charge is -2.43. The van der Waals surface area contributed by atoms with Crippen molar-refractivity contribution < 1.29 is 110 Å². The number of carbonyl (C=O) groups is 5. The standard InChI is InChI=1S/C89H131N11O23S/c1-56-14-10-9-11-15-57(2)73(110-7)51-66-24-17-61(6)89(109,123-66)82(106)85(107)99-29-13-12-16-69(99)86(108)120-74(52-70(101)58(3)47-60(5)80(104)81(105)79(103)59(4)46-56)67(90)48-64-22-25-72(75(49-64)111-8)122-88(124)93-28-31-113-33-35-115-37-39-117-41-43-119-45-44-118-42-40-116-38-36-114-34-32-112-30-27-76(102)94-53-62-18-20-63(21-19-62)54-100-84-77(83(91)95-55-96-84)78(98-100)65-23-26-71-68(50-65)97-87(92)121-71/h9-11,14-15,18-21,23,26,47,50,55-56,58-59,61,64,66-67,69-70,72-75,80-81,101,104-105,109H,12-13,16-17,22,24-25,27-46,48-49,51-54,90H2,1-8H3,(H2,92,97)(H,93,124)(H,94,102)(H2,91,95,96)/b11-9+,14-10+,57-15+,60-47+/t56-,58-,59-,61-,64+,66+,67-,69+,70-,72-,73+,74+,75-,80-,81+,89-/m1/s1. The summed E-state index contributed by atoms with van der Waals surface area (Å²) >= 11 is 5.59. The van der Waals surface area contributed by atoms with Gasteiger partial charge in [-0.3, -0.25) is 19.2 Å². The molecule has 2 bridgehead atoms. The van der Waals surface area contributed by atoms with Crippen LogP contribution < -0.4 is 27.8 Å². The van der Waals surface area contributed by atoms with E-state index in [4.69, 9.17) is 101 Å². The van der Waals surface area contributed by atoms with Crippen LogP contribution >= 0.6 is 12.2 Å². The lowest BCUT2D eigenvalue weighted by molar-refractivity contribution is -0.265. The fourth-order valence-corrected chi connectivity index (χ4v) is 16.0. The lowest BCUT2D eigenvalue weighted by atomic mass is 9.80. The quantitative estimate of drug-likeness (QED) is 0.00637. The van der Waals surface area contributed by atoms with Crippen molar-refractivity contribution in [2.24, 2.45) is 35.3 Å². The molecule has 12 N–H and O–H groups in total. The number of rotatable bonds is 38. The van der Waals surface area contributed by atoms with Crippen molar-refractivity contribution in [2.75, 3.05) is 144 Å². The normalized spacial score (nSPS) is 27.3. The number of nitrogens with two attached hydrogens (primary N) is 3. The molecule has 686 valence electrons. The number of amides is 2. The molecule has 5 aromatic rings. The summed E-state index contributed by atoms with van der Waals surface area (Å²) in [5.41, 5.74) is 25.3. The van der Waals surface area contributed by atoms with Crippen molar-refractivity contribution in [2.45, 2.75) is 205 Å². The Morgan fingerprint density at radius 1 is 0.702 bits per heavy atom. The van der Waals surface area contributed by atoms with E-state index in [1.807, 2.05) is 80.6 Å². The Hall–Kier alpha value is -8.18. The van der Waals surface area contributed by atoms with Gasteiger partial charge in [0.25, 0.3) is 22.9 Å². The Kier molecular flexibility index (Phi) is 41.4. The number of methoxy groups -OCH3 is 2. The first-order valence-electron chi connectivity index (χ1n) is 43.3. The number of oxazole rings is 1. The number of Topliss-reactive ketones (excluding diaryl/α,β-unsaturated/α-hetero) is 2. The number of allylic oxidation sites excluding steroid dienone is 5. The number of cyclic esters (lactones) is 1. The second-order valence-electron chi connectivity index (χ2n) is 32.5. The number of hydrogen-bond acceptors (Lipinski definition) is 31. The molecule has 1 aliphatic carbocycles. The van der Waals surface area contributed by atoms with Crippen molar-refractivity contribution in [3.05, 3.63) is 108 Å². The molecule has 124 heavy (non-hydrogen) atoms. The summed E-state index contributed by atoms with van der Waals surface area (Å²) in [6.07, 6.45) is 9.49. The molecule has 6 heterocycles. The molecule has 0 radical (unpaired) electrons. The Morgan fingerprint density at radius 3 is 2.00 bits per heavy atom. The Labute approximate surface area is 731 Å². The summed E-state index contributed by atoms with van der Waals surface area (Å²) in [5, 5.41) is 58.3. The Morgan fingerprint density at radius 2 is 1.35 bits per heavy atom. The number of piperidine rings is 1. The van der Waals surface area contributed by atoms with Crippen molar-refractivity contribution in [1.82, 2.24) is 40.3 Å². The summed E-state index contributed by atoms with van der Waals surface area (Å²) < 4.78 is 82.8. The van der Waals surface area contributed by atoms with Gasteiger partial charge in [-0.05, 0) is 143 Å². The van der Waals surface area contributed by atoms with Crippen LogP contribution in [0.5, 0.6) is 0 Å². The number of ether oxygens (including phenoxy) is 13. The second-order valence-corrected chi connectivity index (χ2v) is 32.9. The van der Waals surface area contributed by atoms with Crippen LogP contribution in [-0.2, 0) is 98.6 Å². The summed E-state index contributed by atoms with van der Waals surface area (Å²) in [7, 11) is 3.15. The number of aliphatic hydroxyl groups is 4. The van der Waals surface area contributed by atoms with E-state index in [0.717, 1.165) is 27.2 Å². The number of aromatic nitrogens is 5. The molecule has 1 saturated carbocycles. The van der Waals surface area contributed by atoms with Crippen molar-refractivity contribution >= 4 is 80.7 Å². The van der Waals surface area contributed by atoms with Crippen LogP contribution in [-0.4, -0.2) is 284 Å². The zero-order valence-corrected chi connectivity index (χ0v) is 73.8. The molecule has 9 rings (SSSR count). The van der Waals surface area contributed by atoms with E-state index in [1.165, 1.54) is 6.33 Å². The molecule has 0 unspecified atom stereocenters. The van der Waals surface area contributed by atoms with Crippen LogP contribution in [0.4, 0.5) is 11.8 Å². The van der Waals surface area contributed by atoms with Gasteiger partial charge in [-0.15, -0.1) is 0 Å². The first kappa shape index (κ1) is 99.6. The average Bonchev–Trinajstić information content (AvgIpc) is 1.19. The molecule has 2 saturated heterocycles. The third-order valence-corrected chi connectivity index (χ3v) is 23.3. The molecule has 16 atom stereocenters. The van der Waals surface area contributed by atoms with Crippen molar-refractivity contribution in [3.63, 3.8) is 0 Å². The van der Waals surface area contributed by atoms with Crippen LogP contribution in [0.25, 0.3) is 33.4 Å². The number of benzene rings is 2. The van der Waals surface area contributed by atoms with Crippen LogP contribution in [0, 0.1) is 29.6 Å². The molecule has 0 spiro atoms. The maximum absolute atomic E-state index is 14.7. The topological polar surface area (TPSA) is 461 Å². The molecule has 2 amide bonds. The fourth-order valence-electron chi connectivity index (χ4n) is 15.8. The summed E-state index contributed by atoms with van der Waals surface area (Å²) in [5.74, 6) is -8.12. The highest BCUT2D eigenvalue weighted by Crippen LogP contribution is 2.39. The van der Waals surface area contributed by atoms with Gasteiger partial charge in [0.2, 0.25) is 11.7 Å². The minimum Gasteiger partial charge on any atom is -0.465 e. The number of nitrogens with one attached hydrogen (secondary N) is 2. The highest BCUT2D eigenvalue weighted by Gasteiger charge is 2.53.